The van der Waals surface area contributed by atoms with E-state index in [1.54, 1.807) is 5.57 Å². The molecule has 2 heterocycles. The van der Waals surface area contributed by atoms with Gasteiger partial charge in [-0.3, -0.25) is 0 Å². The number of hydrogen-bond acceptors (Lipinski definition) is 2. The summed E-state index contributed by atoms with van der Waals surface area (Å²) in [6.45, 7) is 3.42. The van der Waals surface area contributed by atoms with E-state index in [0.29, 0.717) is 22.9 Å². The maximum atomic E-state index is 6.38. The third kappa shape index (κ3) is 1.50. The fraction of sp³-hybridized carbons (Fsp3) is 0.875. The van der Waals surface area contributed by atoms with Crippen LogP contribution < -0.4 is 0 Å². The molecule has 2 nitrogen and oxygen atoms in total. The molecule has 0 unspecified atom stereocenters. The third-order valence-electron chi connectivity index (χ3n) is 6.59. The Bertz CT molecular complexity index is 421. The third-order valence-corrected chi connectivity index (χ3v) is 7.35. The Morgan fingerprint density at radius 2 is 2.11 bits per heavy atom. The highest BCUT2D eigenvalue weighted by molar-refractivity contribution is 14.1. The molecule has 2 aliphatic heterocycles. The van der Waals surface area contributed by atoms with Gasteiger partial charge in [0.1, 0.15) is 0 Å². The summed E-state index contributed by atoms with van der Waals surface area (Å²) in [4.78, 5) is 0. The molecular weight excluding hydrogens is 351 g/mol. The molecular formula is C16H23IO2. The Balaban J connectivity index is 1.82. The van der Waals surface area contributed by atoms with Crippen LogP contribution in [0.4, 0.5) is 0 Å². The van der Waals surface area contributed by atoms with Gasteiger partial charge in [-0.05, 0) is 41.6 Å². The minimum Gasteiger partial charge on any atom is -0.352 e. The van der Waals surface area contributed by atoms with Crippen LogP contribution in [0.1, 0.15) is 51.9 Å². The molecule has 0 aromatic rings. The highest BCUT2D eigenvalue weighted by atomic mass is 127. The van der Waals surface area contributed by atoms with Crippen molar-refractivity contribution in [3.63, 3.8) is 0 Å². The number of halogens is 1. The minimum atomic E-state index is 0.104. The average molecular weight is 374 g/mol. The van der Waals surface area contributed by atoms with Crippen LogP contribution in [-0.4, -0.2) is 19.0 Å². The average Bonchev–Trinajstić information content (AvgIpc) is 2.87. The molecule has 0 amide bonds. The van der Waals surface area contributed by atoms with Crippen molar-refractivity contribution in [2.75, 3.05) is 6.61 Å². The van der Waals surface area contributed by atoms with Crippen molar-refractivity contribution in [1.82, 2.24) is 0 Å². The Morgan fingerprint density at radius 3 is 2.95 bits per heavy atom. The van der Waals surface area contributed by atoms with Gasteiger partial charge in [0, 0.05) is 17.9 Å². The summed E-state index contributed by atoms with van der Waals surface area (Å²) in [6.07, 6.45) is 9.68. The van der Waals surface area contributed by atoms with Gasteiger partial charge in [0.15, 0.2) is 6.29 Å². The molecule has 1 spiro atoms. The standard InChI is InChI=1S/C16H23IO2/c1-15-6-2-3-7-16(15)12-5-4-8-18-14(12)19-13(16)9-11(15)10-17/h10,12-14H,2-9H2,1H3/b11-10+/t12-,13-,14-,15-,16-/m0/s1. The molecule has 4 fully saturated rings. The second-order valence-corrected chi connectivity index (χ2v) is 7.65. The normalized spacial score (nSPS) is 54.8. The van der Waals surface area contributed by atoms with Crippen LogP contribution in [0.3, 0.4) is 0 Å². The van der Waals surface area contributed by atoms with Gasteiger partial charge in [-0.1, -0.05) is 47.9 Å². The molecule has 0 aromatic carbocycles. The van der Waals surface area contributed by atoms with E-state index in [2.05, 4.69) is 33.6 Å². The second kappa shape index (κ2) is 4.44. The quantitative estimate of drug-likeness (QED) is 0.584. The Morgan fingerprint density at radius 1 is 1.26 bits per heavy atom. The first-order chi connectivity index (χ1) is 9.22. The Kier molecular flexibility index (Phi) is 3.06. The van der Waals surface area contributed by atoms with E-state index in [-0.39, 0.29) is 6.29 Å². The van der Waals surface area contributed by atoms with E-state index >= 15 is 0 Å². The minimum absolute atomic E-state index is 0.104. The largest absolute Gasteiger partial charge is 0.352 e. The van der Waals surface area contributed by atoms with Crippen LogP contribution in [-0.2, 0) is 9.47 Å². The predicted octanol–water partition coefficient (Wildman–Crippen LogP) is 4.43. The van der Waals surface area contributed by atoms with Gasteiger partial charge in [0.2, 0.25) is 0 Å². The van der Waals surface area contributed by atoms with E-state index in [9.17, 15) is 0 Å². The van der Waals surface area contributed by atoms with Gasteiger partial charge >= 0.3 is 0 Å². The fourth-order valence-corrected chi connectivity index (χ4v) is 6.65. The van der Waals surface area contributed by atoms with Crippen molar-refractivity contribution >= 4 is 22.6 Å². The lowest BCUT2D eigenvalue weighted by Gasteiger charge is -2.51. The summed E-state index contributed by atoms with van der Waals surface area (Å²) in [5.41, 5.74) is 2.41. The van der Waals surface area contributed by atoms with E-state index in [0.717, 1.165) is 13.0 Å². The van der Waals surface area contributed by atoms with E-state index in [1.807, 2.05) is 0 Å². The highest BCUT2D eigenvalue weighted by Crippen LogP contribution is 2.71. The SMILES string of the molecule is C[C@@]12CCCC[C@]13[C@H](C/C2=C\I)O[C@@H]1OCCC[C@@H]13. The molecule has 2 saturated carbocycles. The topological polar surface area (TPSA) is 18.5 Å². The second-order valence-electron chi connectivity index (χ2n) is 7.03. The van der Waals surface area contributed by atoms with Gasteiger partial charge in [0.25, 0.3) is 0 Å². The van der Waals surface area contributed by atoms with Gasteiger partial charge < -0.3 is 9.47 Å². The number of fused-ring (bicyclic) bond motifs is 1. The molecule has 0 aromatic heterocycles. The van der Waals surface area contributed by atoms with Crippen LogP contribution in [0.25, 0.3) is 0 Å². The van der Waals surface area contributed by atoms with Crippen molar-refractivity contribution in [1.29, 1.82) is 0 Å². The summed E-state index contributed by atoms with van der Waals surface area (Å²) in [7, 11) is 0. The summed E-state index contributed by atoms with van der Waals surface area (Å²) in [5.74, 6) is 0.644. The first kappa shape index (κ1) is 13.1. The Labute approximate surface area is 129 Å². The van der Waals surface area contributed by atoms with Crippen LogP contribution in [0.2, 0.25) is 0 Å². The molecule has 3 heteroatoms. The zero-order chi connectivity index (χ0) is 13.1. The summed E-state index contributed by atoms with van der Waals surface area (Å²) < 4.78 is 14.7. The molecule has 0 N–H and O–H groups in total. The lowest BCUT2D eigenvalue weighted by atomic mass is 9.52. The molecule has 2 aliphatic carbocycles. The monoisotopic (exact) mass is 374 g/mol. The lowest BCUT2D eigenvalue weighted by molar-refractivity contribution is -0.168. The van der Waals surface area contributed by atoms with E-state index in [1.165, 1.54) is 38.5 Å². The maximum absolute atomic E-state index is 6.38. The van der Waals surface area contributed by atoms with Gasteiger partial charge in [-0.2, -0.15) is 0 Å². The molecule has 2 saturated heterocycles. The van der Waals surface area contributed by atoms with Crippen molar-refractivity contribution in [3.05, 3.63) is 9.66 Å². The highest BCUT2D eigenvalue weighted by Gasteiger charge is 2.69. The summed E-state index contributed by atoms with van der Waals surface area (Å²) in [5, 5.41) is 0. The smallest absolute Gasteiger partial charge is 0.161 e. The first-order valence-corrected chi connectivity index (χ1v) is 9.04. The van der Waals surface area contributed by atoms with E-state index < -0.39 is 0 Å². The summed E-state index contributed by atoms with van der Waals surface area (Å²) >= 11 is 2.44. The van der Waals surface area contributed by atoms with Crippen molar-refractivity contribution in [3.8, 4) is 0 Å². The molecule has 4 rings (SSSR count). The van der Waals surface area contributed by atoms with Crippen molar-refractivity contribution in [2.24, 2.45) is 16.7 Å². The van der Waals surface area contributed by atoms with E-state index in [4.69, 9.17) is 9.47 Å². The van der Waals surface area contributed by atoms with Gasteiger partial charge in [-0.15, -0.1) is 0 Å². The van der Waals surface area contributed by atoms with Crippen LogP contribution in [0.5, 0.6) is 0 Å². The molecule has 19 heavy (non-hydrogen) atoms. The number of ether oxygens (including phenoxy) is 2. The van der Waals surface area contributed by atoms with Gasteiger partial charge in [-0.25, -0.2) is 0 Å². The molecule has 4 aliphatic rings. The molecule has 0 radical (unpaired) electrons. The van der Waals surface area contributed by atoms with Crippen LogP contribution in [0.15, 0.2) is 9.66 Å². The van der Waals surface area contributed by atoms with Crippen LogP contribution >= 0.6 is 22.6 Å². The first-order valence-electron chi connectivity index (χ1n) is 7.79. The predicted molar refractivity (Wildman–Crippen MR) is 83.1 cm³/mol. The van der Waals surface area contributed by atoms with Crippen LogP contribution in [0, 0.1) is 16.7 Å². The number of rotatable bonds is 0. The fourth-order valence-electron chi connectivity index (χ4n) is 5.71. The Hall–Kier alpha value is 0.390. The maximum Gasteiger partial charge on any atom is 0.161 e. The van der Waals surface area contributed by atoms with Crippen molar-refractivity contribution < 1.29 is 9.47 Å². The zero-order valence-electron chi connectivity index (χ0n) is 11.7. The number of hydrogen-bond donors (Lipinski definition) is 0. The van der Waals surface area contributed by atoms with Crippen molar-refractivity contribution in [2.45, 2.75) is 64.3 Å². The zero-order valence-corrected chi connectivity index (χ0v) is 13.8. The summed E-state index contributed by atoms with van der Waals surface area (Å²) in [6, 6.07) is 0. The molecule has 0 bridgehead atoms. The van der Waals surface area contributed by atoms with Gasteiger partial charge in [0.05, 0.1) is 6.10 Å². The molecule has 106 valence electrons. The molecule has 5 atom stereocenters. The lowest BCUT2D eigenvalue weighted by Crippen LogP contribution is -2.49.